The maximum Gasteiger partial charge on any atom is 0.121 e. The van der Waals surface area contributed by atoms with Crippen LogP contribution >= 0.6 is 0 Å². The first-order valence-corrected chi connectivity index (χ1v) is 7.43. The van der Waals surface area contributed by atoms with Crippen molar-refractivity contribution in [2.24, 2.45) is 5.92 Å². The standard InChI is InChI=1S/C15H24N2O2/c1-12-2-3-14(19-12)15(13-4-10-18-11-5-13)17-8-6-16-7-9-17/h2-3,13,15-16H,4-11H2,1H3/t15-/m0/s1. The van der Waals surface area contributed by atoms with Crippen LogP contribution in [-0.4, -0.2) is 44.3 Å². The van der Waals surface area contributed by atoms with Crippen molar-refractivity contribution in [1.29, 1.82) is 0 Å². The van der Waals surface area contributed by atoms with Crippen LogP contribution in [0.1, 0.15) is 30.4 Å². The molecule has 4 heteroatoms. The summed E-state index contributed by atoms with van der Waals surface area (Å²) in [6, 6.07) is 4.68. The molecule has 1 aromatic rings. The second-order valence-electron chi connectivity index (χ2n) is 5.63. The molecule has 19 heavy (non-hydrogen) atoms. The maximum absolute atomic E-state index is 5.95. The van der Waals surface area contributed by atoms with Crippen LogP contribution in [-0.2, 0) is 4.74 Å². The molecule has 3 rings (SSSR count). The summed E-state index contributed by atoms with van der Waals surface area (Å²) in [5.41, 5.74) is 0. The Morgan fingerprint density at radius 3 is 2.58 bits per heavy atom. The van der Waals surface area contributed by atoms with Gasteiger partial charge in [0, 0.05) is 39.4 Å². The molecule has 4 nitrogen and oxygen atoms in total. The quantitative estimate of drug-likeness (QED) is 0.905. The third-order valence-electron chi connectivity index (χ3n) is 4.31. The summed E-state index contributed by atoms with van der Waals surface area (Å²) < 4.78 is 11.5. The van der Waals surface area contributed by atoms with Crippen LogP contribution in [0, 0.1) is 12.8 Å². The molecule has 2 aliphatic rings. The summed E-state index contributed by atoms with van der Waals surface area (Å²) in [5.74, 6) is 2.82. The number of rotatable bonds is 3. The van der Waals surface area contributed by atoms with Crippen LogP contribution in [0.2, 0.25) is 0 Å². The van der Waals surface area contributed by atoms with Crippen LogP contribution in [0.3, 0.4) is 0 Å². The highest BCUT2D eigenvalue weighted by Gasteiger charge is 2.33. The zero-order valence-corrected chi connectivity index (χ0v) is 11.7. The molecule has 2 fully saturated rings. The van der Waals surface area contributed by atoms with Crippen LogP contribution in [0.5, 0.6) is 0 Å². The van der Waals surface area contributed by atoms with E-state index in [4.69, 9.17) is 9.15 Å². The monoisotopic (exact) mass is 264 g/mol. The third kappa shape index (κ3) is 3.02. The number of hydrogen-bond acceptors (Lipinski definition) is 4. The van der Waals surface area contributed by atoms with E-state index in [9.17, 15) is 0 Å². The van der Waals surface area contributed by atoms with E-state index < -0.39 is 0 Å². The fourth-order valence-corrected chi connectivity index (χ4v) is 3.31. The molecule has 1 atom stereocenters. The Labute approximate surface area is 115 Å². The zero-order valence-electron chi connectivity index (χ0n) is 11.7. The molecular formula is C15H24N2O2. The average Bonchev–Trinajstić information content (AvgIpc) is 2.88. The second kappa shape index (κ2) is 6.07. The number of nitrogens with zero attached hydrogens (tertiary/aromatic N) is 1. The van der Waals surface area contributed by atoms with Crippen molar-refractivity contribution in [2.45, 2.75) is 25.8 Å². The number of ether oxygens (including phenoxy) is 1. The third-order valence-corrected chi connectivity index (χ3v) is 4.31. The van der Waals surface area contributed by atoms with Crippen LogP contribution in [0.4, 0.5) is 0 Å². The highest BCUT2D eigenvalue weighted by molar-refractivity contribution is 5.12. The normalized spacial score (nSPS) is 24.5. The van der Waals surface area contributed by atoms with E-state index in [2.05, 4.69) is 22.3 Å². The Morgan fingerprint density at radius 2 is 1.95 bits per heavy atom. The van der Waals surface area contributed by atoms with Gasteiger partial charge in [-0.2, -0.15) is 0 Å². The lowest BCUT2D eigenvalue weighted by Gasteiger charge is -2.39. The first-order valence-electron chi connectivity index (χ1n) is 7.43. The Kier molecular flexibility index (Phi) is 4.21. The Morgan fingerprint density at radius 1 is 1.21 bits per heavy atom. The molecule has 0 bridgehead atoms. The van der Waals surface area contributed by atoms with Gasteiger partial charge in [-0.15, -0.1) is 0 Å². The average molecular weight is 264 g/mol. The van der Waals surface area contributed by atoms with Gasteiger partial charge in [-0.3, -0.25) is 4.90 Å². The number of nitrogens with one attached hydrogen (secondary N) is 1. The highest BCUT2D eigenvalue weighted by Crippen LogP contribution is 2.36. The van der Waals surface area contributed by atoms with Crippen LogP contribution < -0.4 is 5.32 Å². The molecule has 2 saturated heterocycles. The van der Waals surface area contributed by atoms with Gasteiger partial charge in [-0.1, -0.05) is 0 Å². The summed E-state index contributed by atoms with van der Waals surface area (Å²) in [4.78, 5) is 2.59. The van der Waals surface area contributed by atoms with Crippen LogP contribution in [0.15, 0.2) is 16.5 Å². The molecule has 0 spiro atoms. The van der Waals surface area contributed by atoms with E-state index in [1.807, 2.05) is 6.92 Å². The van der Waals surface area contributed by atoms with E-state index in [1.165, 1.54) is 0 Å². The number of piperazine rings is 1. The predicted molar refractivity (Wildman–Crippen MR) is 74.2 cm³/mol. The number of hydrogen-bond donors (Lipinski definition) is 1. The molecule has 0 radical (unpaired) electrons. The molecule has 106 valence electrons. The predicted octanol–water partition coefficient (Wildman–Crippen LogP) is 1.96. The summed E-state index contributed by atoms with van der Waals surface area (Å²) in [6.07, 6.45) is 2.29. The zero-order chi connectivity index (χ0) is 13.1. The summed E-state index contributed by atoms with van der Waals surface area (Å²) in [5, 5.41) is 3.43. The molecule has 0 amide bonds. The Hall–Kier alpha value is -0.840. The van der Waals surface area contributed by atoms with Gasteiger partial charge in [-0.25, -0.2) is 0 Å². The van der Waals surface area contributed by atoms with Crippen molar-refractivity contribution >= 4 is 0 Å². The van der Waals surface area contributed by atoms with Crippen molar-refractivity contribution in [1.82, 2.24) is 10.2 Å². The Bertz CT molecular complexity index is 375. The van der Waals surface area contributed by atoms with Crippen molar-refractivity contribution in [3.05, 3.63) is 23.7 Å². The van der Waals surface area contributed by atoms with E-state index >= 15 is 0 Å². The molecule has 1 N–H and O–H groups in total. The van der Waals surface area contributed by atoms with Gasteiger partial charge in [0.1, 0.15) is 11.5 Å². The lowest BCUT2D eigenvalue weighted by molar-refractivity contribution is 0.0146. The largest absolute Gasteiger partial charge is 0.465 e. The first kappa shape index (κ1) is 13.2. The molecule has 0 aliphatic carbocycles. The van der Waals surface area contributed by atoms with Gasteiger partial charge in [0.05, 0.1) is 6.04 Å². The van der Waals surface area contributed by atoms with Gasteiger partial charge in [0.15, 0.2) is 0 Å². The van der Waals surface area contributed by atoms with E-state index in [0.29, 0.717) is 12.0 Å². The van der Waals surface area contributed by atoms with Crippen molar-refractivity contribution in [2.75, 3.05) is 39.4 Å². The minimum Gasteiger partial charge on any atom is -0.465 e. The number of aryl methyl sites for hydroxylation is 1. The fraction of sp³-hybridized carbons (Fsp3) is 0.733. The van der Waals surface area contributed by atoms with E-state index in [1.54, 1.807) is 0 Å². The molecular weight excluding hydrogens is 240 g/mol. The lowest BCUT2D eigenvalue weighted by atomic mass is 9.88. The lowest BCUT2D eigenvalue weighted by Crippen LogP contribution is -2.47. The van der Waals surface area contributed by atoms with Crippen molar-refractivity contribution < 1.29 is 9.15 Å². The van der Waals surface area contributed by atoms with E-state index in [-0.39, 0.29) is 0 Å². The maximum atomic E-state index is 5.95. The van der Waals surface area contributed by atoms with Gasteiger partial charge in [-0.05, 0) is 37.8 Å². The smallest absolute Gasteiger partial charge is 0.121 e. The molecule has 0 aromatic carbocycles. The second-order valence-corrected chi connectivity index (χ2v) is 5.63. The molecule has 0 unspecified atom stereocenters. The number of furan rings is 1. The van der Waals surface area contributed by atoms with E-state index in [0.717, 1.165) is 63.8 Å². The van der Waals surface area contributed by atoms with Gasteiger partial charge in [0.2, 0.25) is 0 Å². The Balaban J connectivity index is 1.81. The highest BCUT2D eigenvalue weighted by atomic mass is 16.5. The van der Waals surface area contributed by atoms with Crippen molar-refractivity contribution in [3.8, 4) is 0 Å². The van der Waals surface area contributed by atoms with Crippen LogP contribution in [0.25, 0.3) is 0 Å². The van der Waals surface area contributed by atoms with Gasteiger partial charge in [0.25, 0.3) is 0 Å². The SMILES string of the molecule is Cc1ccc([C@H](C2CCOCC2)N2CCNCC2)o1. The first-order chi connectivity index (χ1) is 9.34. The molecule has 3 heterocycles. The topological polar surface area (TPSA) is 37.6 Å². The molecule has 1 aromatic heterocycles. The van der Waals surface area contributed by atoms with Gasteiger partial charge >= 0.3 is 0 Å². The molecule has 0 saturated carbocycles. The summed E-state index contributed by atoms with van der Waals surface area (Å²) >= 11 is 0. The minimum absolute atomic E-state index is 0.430. The van der Waals surface area contributed by atoms with Gasteiger partial charge < -0.3 is 14.5 Å². The van der Waals surface area contributed by atoms with Crippen molar-refractivity contribution in [3.63, 3.8) is 0 Å². The fourth-order valence-electron chi connectivity index (χ4n) is 3.31. The summed E-state index contributed by atoms with van der Waals surface area (Å²) in [6.45, 7) is 8.21. The molecule has 2 aliphatic heterocycles. The minimum atomic E-state index is 0.430. The summed E-state index contributed by atoms with van der Waals surface area (Å²) in [7, 11) is 0.